The molecule has 0 bridgehead atoms. The smallest absolute Gasteiger partial charge is 0.0639 e. The third kappa shape index (κ3) is 1.91. The number of halogens is 1. The molecule has 1 aromatic carbocycles. The van der Waals surface area contributed by atoms with Gasteiger partial charge in [-0.25, -0.2) is 0 Å². The first-order valence-electron chi connectivity index (χ1n) is 5.96. The fraction of sp³-hybridized carbons (Fsp3) is 0.214. The molecule has 0 amide bonds. The van der Waals surface area contributed by atoms with Crippen LogP contribution in [0.5, 0.6) is 0 Å². The average Bonchev–Trinajstić information content (AvgIpc) is 2.77. The number of nitrogens with two attached hydrogens (primary N) is 1. The maximum absolute atomic E-state index is 6.15. The number of nitrogens with zero attached hydrogens (tertiary/aromatic N) is 2. The van der Waals surface area contributed by atoms with E-state index in [0.29, 0.717) is 5.02 Å². The van der Waals surface area contributed by atoms with E-state index in [1.54, 1.807) is 12.4 Å². The summed E-state index contributed by atoms with van der Waals surface area (Å²) >= 11 is 6.15. The summed E-state index contributed by atoms with van der Waals surface area (Å²) in [5.74, 6) is 0. The fourth-order valence-electron chi connectivity index (χ4n) is 2.46. The molecule has 0 spiro atoms. The Morgan fingerprint density at radius 2 is 2.22 bits per heavy atom. The van der Waals surface area contributed by atoms with Crippen LogP contribution in [-0.4, -0.2) is 11.5 Å². The molecule has 3 nitrogen and oxygen atoms in total. The van der Waals surface area contributed by atoms with Crippen molar-refractivity contribution in [1.82, 2.24) is 4.98 Å². The Balaban J connectivity index is 1.92. The number of rotatable bonds is 2. The van der Waals surface area contributed by atoms with Crippen LogP contribution in [0.2, 0.25) is 5.02 Å². The maximum atomic E-state index is 6.15. The van der Waals surface area contributed by atoms with Gasteiger partial charge in [0.1, 0.15) is 0 Å². The molecule has 0 saturated heterocycles. The van der Waals surface area contributed by atoms with Crippen LogP contribution in [0.1, 0.15) is 11.1 Å². The predicted octanol–water partition coefficient (Wildman–Crippen LogP) is 2.88. The monoisotopic (exact) mass is 259 g/mol. The third-order valence-electron chi connectivity index (χ3n) is 3.34. The highest BCUT2D eigenvalue weighted by atomic mass is 35.5. The Bertz CT molecular complexity index is 583. The van der Waals surface area contributed by atoms with Crippen LogP contribution >= 0.6 is 11.6 Å². The highest BCUT2D eigenvalue weighted by molar-refractivity contribution is 6.31. The van der Waals surface area contributed by atoms with Crippen LogP contribution < -0.4 is 10.6 Å². The number of aromatic nitrogens is 1. The molecule has 0 radical (unpaired) electrons. The highest BCUT2D eigenvalue weighted by Gasteiger charge is 2.21. The largest absolute Gasteiger partial charge is 0.397 e. The molecule has 0 aliphatic carbocycles. The second-order valence-corrected chi connectivity index (χ2v) is 4.90. The van der Waals surface area contributed by atoms with E-state index in [1.165, 1.54) is 5.56 Å². The zero-order chi connectivity index (χ0) is 12.5. The third-order valence-corrected chi connectivity index (χ3v) is 3.68. The van der Waals surface area contributed by atoms with Gasteiger partial charge in [-0.1, -0.05) is 23.7 Å². The highest BCUT2D eigenvalue weighted by Crippen LogP contribution is 2.35. The van der Waals surface area contributed by atoms with Gasteiger partial charge in [0.05, 0.1) is 16.4 Å². The molecule has 2 heterocycles. The van der Waals surface area contributed by atoms with E-state index in [-0.39, 0.29) is 0 Å². The Morgan fingerprint density at radius 3 is 3.06 bits per heavy atom. The van der Waals surface area contributed by atoms with Gasteiger partial charge < -0.3 is 10.6 Å². The van der Waals surface area contributed by atoms with Crippen molar-refractivity contribution >= 4 is 23.0 Å². The number of para-hydroxylation sites is 1. The van der Waals surface area contributed by atoms with Gasteiger partial charge in [0, 0.05) is 25.5 Å². The van der Waals surface area contributed by atoms with Crippen molar-refractivity contribution in [2.24, 2.45) is 0 Å². The quantitative estimate of drug-likeness (QED) is 0.844. The van der Waals surface area contributed by atoms with Gasteiger partial charge in [0.15, 0.2) is 0 Å². The van der Waals surface area contributed by atoms with Crippen LogP contribution in [0.15, 0.2) is 36.7 Å². The molecule has 0 saturated carbocycles. The molecule has 3 rings (SSSR count). The van der Waals surface area contributed by atoms with Crippen molar-refractivity contribution in [3.63, 3.8) is 0 Å². The number of fused-ring (bicyclic) bond motifs is 1. The summed E-state index contributed by atoms with van der Waals surface area (Å²) in [6.45, 7) is 1.77. The van der Waals surface area contributed by atoms with E-state index in [4.69, 9.17) is 17.3 Å². The lowest BCUT2D eigenvalue weighted by Gasteiger charge is -2.21. The van der Waals surface area contributed by atoms with Crippen molar-refractivity contribution in [3.05, 3.63) is 52.8 Å². The molecule has 0 unspecified atom stereocenters. The first-order valence-corrected chi connectivity index (χ1v) is 6.34. The molecule has 1 aliphatic rings. The summed E-state index contributed by atoms with van der Waals surface area (Å²) in [5.41, 5.74) is 10.5. The number of hydrogen-bond acceptors (Lipinski definition) is 3. The van der Waals surface area contributed by atoms with Gasteiger partial charge in [-0.15, -0.1) is 0 Å². The number of pyridine rings is 1. The van der Waals surface area contributed by atoms with E-state index >= 15 is 0 Å². The minimum atomic E-state index is 0.709. The van der Waals surface area contributed by atoms with Gasteiger partial charge in [-0.2, -0.15) is 0 Å². The lowest BCUT2D eigenvalue weighted by Crippen LogP contribution is -2.20. The van der Waals surface area contributed by atoms with E-state index < -0.39 is 0 Å². The van der Waals surface area contributed by atoms with Crippen LogP contribution in [0, 0.1) is 0 Å². The van der Waals surface area contributed by atoms with Crippen molar-refractivity contribution in [3.8, 4) is 0 Å². The molecule has 92 valence electrons. The average molecular weight is 260 g/mol. The molecule has 2 N–H and O–H groups in total. The van der Waals surface area contributed by atoms with E-state index in [2.05, 4.69) is 16.0 Å². The zero-order valence-corrected chi connectivity index (χ0v) is 10.7. The Morgan fingerprint density at radius 1 is 1.33 bits per heavy atom. The molecule has 4 heteroatoms. The van der Waals surface area contributed by atoms with Gasteiger partial charge in [-0.05, 0) is 29.7 Å². The number of benzene rings is 1. The summed E-state index contributed by atoms with van der Waals surface area (Å²) in [5, 5.41) is 0.709. The molecule has 1 aromatic heterocycles. The SMILES string of the molecule is Nc1cccc2c1N(Cc1ccncc1Cl)CC2. The number of anilines is 2. The van der Waals surface area contributed by atoms with E-state index in [1.807, 2.05) is 18.2 Å². The number of nitrogen functional groups attached to an aromatic ring is 1. The second-order valence-electron chi connectivity index (χ2n) is 4.49. The minimum absolute atomic E-state index is 0.709. The first-order chi connectivity index (χ1) is 8.75. The van der Waals surface area contributed by atoms with E-state index in [0.717, 1.165) is 36.4 Å². The molecule has 18 heavy (non-hydrogen) atoms. The summed E-state index contributed by atoms with van der Waals surface area (Å²) in [4.78, 5) is 6.29. The molecular weight excluding hydrogens is 246 g/mol. The fourth-order valence-corrected chi connectivity index (χ4v) is 2.64. The predicted molar refractivity (Wildman–Crippen MR) is 74.9 cm³/mol. The summed E-state index contributed by atoms with van der Waals surface area (Å²) in [6, 6.07) is 8.06. The minimum Gasteiger partial charge on any atom is -0.397 e. The molecular formula is C14H14ClN3. The zero-order valence-electron chi connectivity index (χ0n) is 9.94. The molecule has 0 atom stereocenters. The normalized spacial score (nSPS) is 13.7. The second kappa shape index (κ2) is 4.50. The van der Waals surface area contributed by atoms with Crippen molar-refractivity contribution < 1.29 is 0 Å². The topological polar surface area (TPSA) is 42.1 Å². The van der Waals surface area contributed by atoms with Crippen molar-refractivity contribution in [2.75, 3.05) is 17.2 Å². The van der Waals surface area contributed by atoms with Gasteiger partial charge in [0.25, 0.3) is 0 Å². The van der Waals surface area contributed by atoms with Crippen LogP contribution in [0.3, 0.4) is 0 Å². The van der Waals surface area contributed by atoms with Crippen LogP contribution in [-0.2, 0) is 13.0 Å². The molecule has 1 aliphatic heterocycles. The van der Waals surface area contributed by atoms with Gasteiger partial charge >= 0.3 is 0 Å². The standard InChI is InChI=1S/C14H14ClN3/c15-12-8-17-6-4-11(12)9-18-7-5-10-2-1-3-13(16)14(10)18/h1-4,6,8H,5,7,9,16H2. The van der Waals surface area contributed by atoms with Gasteiger partial charge in [0.2, 0.25) is 0 Å². The van der Waals surface area contributed by atoms with E-state index in [9.17, 15) is 0 Å². The summed E-state index contributed by atoms with van der Waals surface area (Å²) in [6.07, 6.45) is 4.50. The summed E-state index contributed by atoms with van der Waals surface area (Å²) in [7, 11) is 0. The Kier molecular flexibility index (Phi) is 2.84. The van der Waals surface area contributed by atoms with Crippen LogP contribution in [0.25, 0.3) is 0 Å². The van der Waals surface area contributed by atoms with Crippen LogP contribution in [0.4, 0.5) is 11.4 Å². The first kappa shape index (κ1) is 11.4. The molecule has 2 aromatic rings. The van der Waals surface area contributed by atoms with Crippen molar-refractivity contribution in [1.29, 1.82) is 0 Å². The lowest BCUT2D eigenvalue weighted by molar-refractivity contribution is 0.835. The number of hydrogen-bond donors (Lipinski definition) is 1. The Hall–Kier alpha value is -1.74. The van der Waals surface area contributed by atoms with Gasteiger partial charge in [-0.3, -0.25) is 4.98 Å². The lowest BCUT2D eigenvalue weighted by atomic mass is 10.1. The molecule has 0 fully saturated rings. The van der Waals surface area contributed by atoms with Crippen molar-refractivity contribution in [2.45, 2.75) is 13.0 Å². The Labute approximate surface area is 111 Å². The summed E-state index contributed by atoms with van der Waals surface area (Å²) < 4.78 is 0. The maximum Gasteiger partial charge on any atom is 0.0639 e.